The number of pyridine rings is 1. The number of anilines is 1. The Labute approximate surface area is 144 Å². The topological polar surface area (TPSA) is 88.2 Å². The number of carbonyl (C=O) groups excluding carboxylic acids is 1. The number of aliphatic hydroxyl groups excluding tert-OH is 1. The molecule has 0 aliphatic carbocycles. The van der Waals surface area contributed by atoms with E-state index >= 15 is 0 Å². The molecule has 2 aromatic rings. The molecular formula is C17H19ClFN3O2. The van der Waals surface area contributed by atoms with Crippen molar-refractivity contribution in [2.24, 2.45) is 0 Å². The molecule has 0 fully saturated rings. The van der Waals surface area contributed by atoms with Gasteiger partial charge < -0.3 is 16.2 Å². The van der Waals surface area contributed by atoms with E-state index in [2.05, 4.69) is 10.3 Å². The van der Waals surface area contributed by atoms with Crippen molar-refractivity contribution >= 4 is 23.2 Å². The number of carbonyl (C=O) groups is 1. The van der Waals surface area contributed by atoms with Crippen LogP contribution in [0.4, 0.5) is 10.2 Å². The monoisotopic (exact) mass is 351 g/mol. The van der Waals surface area contributed by atoms with Crippen LogP contribution in [0.5, 0.6) is 0 Å². The number of nitrogens with two attached hydrogens (primary N) is 1. The summed E-state index contributed by atoms with van der Waals surface area (Å²) in [5, 5.41) is 12.0. The Hall–Kier alpha value is -2.02. The Morgan fingerprint density at radius 1 is 1.42 bits per heavy atom. The van der Waals surface area contributed by atoms with Crippen molar-refractivity contribution in [2.45, 2.75) is 19.4 Å². The average Bonchev–Trinajstić information content (AvgIpc) is 2.57. The number of aromatic nitrogens is 1. The molecule has 0 saturated carbocycles. The molecule has 1 aromatic carbocycles. The number of halogens is 2. The lowest BCUT2D eigenvalue weighted by Crippen LogP contribution is -2.25. The molecule has 128 valence electrons. The van der Waals surface area contributed by atoms with Crippen molar-refractivity contribution in [1.29, 1.82) is 0 Å². The molecule has 0 bridgehead atoms. The van der Waals surface area contributed by atoms with Crippen LogP contribution in [-0.2, 0) is 0 Å². The molecule has 5 nitrogen and oxygen atoms in total. The SMILES string of the molecule is CC[C@H](NCCO)c1ccc(Cl)c(C(=O)c2ccc(N)nc2)c1F. The molecule has 7 heteroatoms. The van der Waals surface area contributed by atoms with Crippen LogP contribution in [-0.4, -0.2) is 29.0 Å². The van der Waals surface area contributed by atoms with Crippen LogP contribution in [0.15, 0.2) is 30.5 Å². The summed E-state index contributed by atoms with van der Waals surface area (Å²) in [7, 11) is 0. The van der Waals surface area contributed by atoms with Crippen LogP contribution in [0.1, 0.15) is 40.9 Å². The number of hydrogen-bond donors (Lipinski definition) is 3. The van der Waals surface area contributed by atoms with Crippen molar-refractivity contribution in [3.63, 3.8) is 0 Å². The number of hydrogen-bond acceptors (Lipinski definition) is 5. The van der Waals surface area contributed by atoms with Crippen LogP contribution in [0.3, 0.4) is 0 Å². The molecule has 1 aromatic heterocycles. The van der Waals surface area contributed by atoms with Gasteiger partial charge >= 0.3 is 0 Å². The molecule has 0 radical (unpaired) electrons. The van der Waals surface area contributed by atoms with Gasteiger partial charge in [-0.25, -0.2) is 9.37 Å². The Morgan fingerprint density at radius 2 is 2.17 bits per heavy atom. The van der Waals surface area contributed by atoms with Gasteiger partial charge in [0, 0.05) is 29.9 Å². The molecule has 2 rings (SSSR count). The smallest absolute Gasteiger partial charge is 0.199 e. The lowest BCUT2D eigenvalue weighted by atomic mass is 9.96. The second kappa shape index (κ2) is 8.19. The van der Waals surface area contributed by atoms with Crippen LogP contribution in [0, 0.1) is 5.82 Å². The third kappa shape index (κ3) is 3.90. The highest BCUT2D eigenvalue weighted by molar-refractivity contribution is 6.35. The summed E-state index contributed by atoms with van der Waals surface area (Å²) in [6.45, 7) is 2.15. The van der Waals surface area contributed by atoms with E-state index in [1.807, 2.05) is 6.92 Å². The first-order valence-corrected chi connectivity index (χ1v) is 7.95. The lowest BCUT2D eigenvalue weighted by Gasteiger charge is -2.19. The minimum Gasteiger partial charge on any atom is -0.395 e. The molecule has 1 heterocycles. The van der Waals surface area contributed by atoms with Crippen molar-refractivity contribution in [1.82, 2.24) is 10.3 Å². The van der Waals surface area contributed by atoms with Gasteiger partial charge in [0.15, 0.2) is 5.78 Å². The third-order valence-corrected chi connectivity index (χ3v) is 4.00. The van der Waals surface area contributed by atoms with Gasteiger partial charge in [-0.3, -0.25) is 4.79 Å². The number of rotatable bonds is 7. The number of nitrogens with zero attached hydrogens (tertiary/aromatic N) is 1. The number of ketones is 1. The first-order valence-electron chi connectivity index (χ1n) is 7.58. The quantitative estimate of drug-likeness (QED) is 0.667. The van der Waals surface area contributed by atoms with Crippen molar-refractivity contribution < 1.29 is 14.3 Å². The van der Waals surface area contributed by atoms with Crippen molar-refractivity contribution in [3.8, 4) is 0 Å². The zero-order chi connectivity index (χ0) is 17.7. The molecular weight excluding hydrogens is 333 g/mol. The highest BCUT2D eigenvalue weighted by Gasteiger charge is 2.24. The molecule has 0 aliphatic heterocycles. The molecule has 0 saturated heterocycles. The van der Waals surface area contributed by atoms with E-state index < -0.39 is 11.6 Å². The third-order valence-electron chi connectivity index (χ3n) is 3.68. The summed E-state index contributed by atoms with van der Waals surface area (Å²) in [4.78, 5) is 16.5. The zero-order valence-corrected chi connectivity index (χ0v) is 14.0. The van der Waals surface area contributed by atoms with E-state index in [0.717, 1.165) is 0 Å². The molecule has 0 spiro atoms. The van der Waals surface area contributed by atoms with Gasteiger partial charge in [0.25, 0.3) is 0 Å². The summed E-state index contributed by atoms with van der Waals surface area (Å²) < 4.78 is 15.0. The summed E-state index contributed by atoms with van der Waals surface area (Å²) in [5.74, 6) is -0.948. The van der Waals surface area contributed by atoms with Crippen molar-refractivity contribution in [3.05, 3.63) is 58.0 Å². The maximum Gasteiger partial charge on any atom is 0.199 e. The lowest BCUT2D eigenvalue weighted by molar-refractivity contribution is 0.103. The maximum absolute atomic E-state index is 15.0. The van der Waals surface area contributed by atoms with Crippen LogP contribution in [0.2, 0.25) is 5.02 Å². The second-order valence-electron chi connectivity index (χ2n) is 5.27. The molecule has 4 N–H and O–H groups in total. The first kappa shape index (κ1) is 18.3. The normalized spacial score (nSPS) is 12.2. The number of nitrogens with one attached hydrogen (secondary N) is 1. The molecule has 0 amide bonds. The van der Waals surface area contributed by atoms with Crippen molar-refractivity contribution in [2.75, 3.05) is 18.9 Å². The van der Waals surface area contributed by atoms with Gasteiger partial charge in [0.05, 0.1) is 17.2 Å². The Kier molecular flexibility index (Phi) is 6.25. The second-order valence-corrected chi connectivity index (χ2v) is 5.67. The van der Waals surface area contributed by atoms with Gasteiger partial charge in [0.1, 0.15) is 11.6 Å². The average molecular weight is 352 g/mol. The number of aliphatic hydroxyl groups is 1. The largest absolute Gasteiger partial charge is 0.395 e. The Morgan fingerprint density at radius 3 is 2.75 bits per heavy atom. The summed E-state index contributed by atoms with van der Waals surface area (Å²) in [6.07, 6.45) is 1.89. The fourth-order valence-corrected chi connectivity index (χ4v) is 2.67. The van der Waals surface area contributed by atoms with E-state index in [-0.39, 0.29) is 34.6 Å². The van der Waals surface area contributed by atoms with Gasteiger partial charge in [-0.1, -0.05) is 24.6 Å². The Balaban J connectivity index is 2.44. The zero-order valence-electron chi connectivity index (χ0n) is 13.2. The highest BCUT2D eigenvalue weighted by atomic mass is 35.5. The predicted molar refractivity (Wildman–Crippen MR) is 91.6 cm³/mol. The van der Waals surface area contributed by atoms with E-state index in [1.54, 1.807) is 6.07 Å². The fourth-order valence-electron chi connectivity index (χ4n) is 2.44. The van der Waals surface area contributed by atoms with E-state index in [9.17, 15) is 9.18 Å². The molecule has 0 aliphatic rings. The standard InChI is InChI=1S/C17H19ClFN3O2/c1-2-13(21-7-8-23)11-4-5-12(18)15(16(11)19)17(24)10-3-6-14(20)22-9-10/h3-6,9,13,21,23H,2,7-8H2,1H3,(H2,20,22)/t13-/m0/s1. The highest BCUT2D eigenvalue weighted by Crippen LogP contribution is 2.29. The van der Waals surface area contributed by atoms with E-state index in [1.165, 1.54) is 24.4 Å². The predicted octanol–water partition coefficient (Wildman–Crippen LogP) is 2.72. The minimum absolute atomic E-state index is 0.0371. The van der Waals surface area contributed by atoms with Gasteiger partial charge in [-0.2, -0.15) is 0 Å². The summed E-state index contributed by atoms with van der Waals surface area (Å²) in [6, 6.07) is 5.68. The van der Waals surface area contributed by atoms with Crippen LogP contribution < -0.4 is 11.1 Å². The summed E-state index contributed by atoms with van der Waals surface area (Å²) >= 11 is 6.06. The fraction of sp³-hybridized carbons (Fsp3) is 0.294. The van der Waals surface area contributed by atoms with Crippen LogP contribution >= 0.6 is 11.6 Å². The van der Waals surface area contributed by atoms with Gasteiger partial charge in [0.2, 0.25) is 0 Å². The molecule has 0 unspecified atom stereocenters. The van der Waals surface area contributed by atoms with E-state index in [4.69, 9.17) is 22.4 Å². The van der Waals surface area contributed by atoms with E-state index in [0.29, 0.717) is 18.5 Å². The number of benzene rings is 1. The van der Waals surface area contributed by atoms with Gasteiger partial charge in [-0.05, 0) is 24.6 Å². The number of nitrogen functional groups attached to an aromatic ring is 1. The minimum atomic E-state index is -0.665. The van der Waals surface area contributed by atoms with Gasteiger partial charge in [-0.15, -0.1) is 0 Å². The van der Waals surface area contributed by atoms with Crippen LogP contribution in [0.25, 0.3) is 0 Å². The summed E-state index contributed by atoms with van der Waals surface area (Å²) in [5.41, 5.74) is 5.85. The maximum atomic E-state index is 15.0. The Bertz CT molecular complexity index is 723. The molecule has 24 heavy (non-hydrogen) atoms. The first-order chi connectivity index (χ1) is 11.5. The molecule has 1 atom stereocenters.